The van der Waals surface area contributed by atoms with Crippen molar-refractivity contribution in [2.24, 2.45) is 0 Å². The predicted molar refractivity (Wildman–Crippen MR) is 80.2 cm³/mol. The Morgan fingerprint density at radius 2 is 1.81 bits per heavy atom. The summed E-state index contributed by atoms with van der Waals surface area (Å²) in [7, 11) is 0. The van der Waals surface area contributed by atoms with Crippen LogP contribution in [0.15, 0.2) is 40.9 Å². The molecule has 0 aliphatic rings. The molecule has 0 atom stereocenters. The summed E-state index contributed by atoms with van der Waals surface area (Å²) in [6.45, 7) is 1.71. The van der Waals surface area contributed by atoms with Gasteiger partial charge >= 0.3 is 5.97 Å². The third-order valence-corrected chi connectivity index (χ3v) is 3.53. The van der Waals surface area contributed by atoms with E-state index in [1.807, 2.05) is 0 Å². The summed E-state index contributed by atoms with van der Waals surface area (Å²) < 4.78 is 13.8. The molecule has 0 saturated carbocycles. The average Bonchev–Trinajstić information content (AvgIpc) is 2.44. The van der Waals surface area contributed by atoms with Crippen molar-refractivity contribution in [2.45, 2.75) is 6.92 Å². The molecule has 0 radical (unpaired) electrons. The molecule has 0 aliphatic heterocycles. The van der Waals surface area contributed by atoms with Crippen LogP contribution in [-0.4, -0.2) is 17.0 Å². The second-order valence-electron chi connectivity index (χ2n) is 4.39. The van der Waals surface area contributed by atoms with E-state index < -0.39 is 17.7 Å². The topological polar surface area (TPSA) is 66.4 Å². The van der Waals surface area contributed by atoms with Crippen molar-refractivity contribution in [1.82, 2.24) is 0 Å². The van der Waals surface area contributed by atoms with E-state index in [0.29, 0.717) is 15.7 Å². The van der Waals surface area contributed by atoms with Crippen LogP contribution in [0.1, 0.15) is 26.3 Å². The van der Waals surface area contributed by atoms with Crippen LogP contribution in [0.5, 0.6) is 0 Å². The highest BCUT2D eigenvalue weighted by molar-refractivity contribution is 9.10. The number of rotatable bonds is 3. The SMILES string of the molecule is Cc1cc(Br)c(F)cc1NC(=O)c1ccccc1C(=O)O. The molecule has 6 heteroatoms. The van der Waals surface area contributed by atoms with Crippen molar-refractivity contribution < 1.29 is 19.1 Å². The lowest BCUT2D eigenvalue weighted by Crippen LogP contribution is -2.17. The maximum absolute atomic E-state index is 13.5. The molecule has 0 unspecified atom stereocenters. The molecule has 0 aromatic heterocycles. The van der Waals surface area contributed by atoms with E-state index in [9.17, 15) is 14.0 Å². The van der Waals surface area contributed by atoms with Crippen LogP contribution < -0.4 is 5.32 Å². The summed E-state index contributed by atoms with van der Waals surface area (Å²) in [5, 5.41) is 11.6. The zero-order chi connectivity index (χ0) is 15.6. The lowest BCUT2D eigenvalue weighted by atomic mass is 10.1. The van der Waals surface area contributed by atoms with Crippen LogP contribution in [0.25, 0.3) is 0 Å². The van der Waals surface area contributed by atoms with Gasteiger partial charge in [-0.1, -0.05) is 12.1 Å². The first-order valence-corrected chi connectivity index (χ1v) is 6.78. The Kier molecular flexibility index (Phi) is 4.37. The number of carbonyl (C=O) groups excluding carboxylic acids is 1. The van der Waals surface area contributed by atoms with Crippen molar-refractivity contribution in [3.05, 3.63) is 63.4 Å². The van der Waals surface area contributed by atoms with Gasteiger partial charge in [0.05, 0.1) is 15.6 Å². The largest absolute Gasteiger partial charge is 0.478 e. The van der Waals surface area contributed by atoms with Crippen LogP contribution >= 0.6 is 15.9 Å². The highest BCUT2D eigenvalue weighted by Crippen LogP contribution is 2.24. The minimum Gasteiger partial charge on any atom is -0.478 e. The smallest absolute Gasteiger partial charge is 0.336 e. The number of nitrogens with one attached hydrogen (secondary N) is 1. The maximum Gasteiger partial charge on any atom is 0.336 e. The van der Waals surface area contributed by atoms with E-state index in [1.54, 1.807) is 13.0 Å². The fourth-order valence-electron chi connectivity index (χ4n) is 1.84. The second kappa shape index (κ2) is 6.05. The summed E-state index contributed by atoms with van der Waals surface area (Å²) in [6.07, 6.45) is 0. The van der Waals surface area contributed by atoms with Gasteiger partial charge < -0.3 is 10.4 Å². The highest BCUT2D eigenvalue weighted by atomic mass is 79.9. The van der Waals surface area contributed by atoms with Crippen LogP contribution in [-0.2, 0) is 0 Å². The summed E-state index contributed by atoms with van der Waals surface area (Å²) in [5.41, 5.74) is 0.864. The van der Waals surface area contributed by atoms with E-state index in [4.69, 9.17) is 5.11 Å². The summed E-state index contributed by atoms with van der Waals surface area (Å²) in [5.74, 6) is -2.31. The van der Waals surface area contributed by atoms with Crippen molar-refractivity contribution in [3.8, 4) is 0 Å². The Labute approximate surface area is 128 Å². The molecule has 21 heavy (non-hydrogen) atoms. The lowest BCUT2D eigenvalue weighted by molar-refractivity contribution is 0.0692. The third kappa shape index (κ3) is 3.28. The Morgan fingerprint density at radius 3 is 2.43 bits per heavy atom. The minimum absolute atomic E-state index is 0.0210. The number of hydrogen-bond donors (Lipinski definition) is 2. The first kappa shape index (κ1) is 15.2. The van der Waals surface area contributed by atoms with Gasteiger partial charge in [-0.2, -0.15) is 0 Å². The number of aryl methyl sites for hydroxylation is 1. The zero-order valence-electron chi connectivity index (χ0n) is 11.0. The molecule has 0 bridgehead atoms. The number of carbonyl (C=O) groups is 2. The van der Waals surface area contributed by atoms with Gasteiger partial charge in [0, 0.05) is 5.69 Å². The number of aromatic carboxylic acids is 1. The van der Waals surface area contributed by atoms with Crippen LogP contribution in [0, 0.1) is 12.7 Å². The van der Waals surface area contributed by atoms with Crippen molar-refractivity contribution >= 4 is 33.5 Å². The van der Waals surface area contributed by atoms with Gasteiger partial charge in [-0.3, -0.25) is 4.79 Å². The van der Waals surface area contributed by atoms with Gasteiger partial charge in [-0.05, 0) is 52.7 Å². The minimum atomic E-state index is -1.19. The highest BCUT2D eigenvalue weighted by Gasteiger charge is 2.17. The van der Waals surface area contributed by atoms with E-state index in [-0.39, 0.29) is 11.1 Å². The molecule has 108 valence electrons. The second-order valence-corrected chi connectivity index (χ2v) is 5.24. The number of halogens is 2. The number of carboxylic acids is 1. The summed E-state index contributed by atoms with van der Waals surface area (Å²) in [4.78, 5) is 23.3. The molecular formula is C15H11BrFNO3. The standard InChI is InChI=1S/C15H11BrFNO3/c1-8-6-11(16)12(17)7-13(8)18-14(19)9-4-2-3-5-10(9)15(20)21/h2-7H,1H3,(H,18,19)(H,20,21). The number of carboxylic acid groups (broad SMARTS) is 1. The quantitative estimate of drug-likeness (QED) is 0.882. The van der Waals surface area contributed by atoms with Gasteiger partial charge in [0.1, 0.15) is 5.82 Å². The van der Waals surface area contributed by atoms with Gasteiger partial charge in [-0.25, -0.2) is 9.18 Å². The Morgan fingerprint density at radius 1 is 1.19 bits per heavy atom. The monoisotopic (exact) mass is 351 g/mol. The van der Waals surface area contributed by atoms with Crippen molar-refractivity contribution in [2.75, 3.05) is 5.32 Å². The molecule has 0 aliphatic carbocycles. The molecule has 0 fully saturated rings. The Balaban J connectivity index is 2.35. The Hall–Kier alpha value is -2.21. The van der Waals surface area contributed by atoms with Gasteiger partial charge in [0.15, 0.2) is 0 Å². The van der Waals surface area contributed by atoms with E-state index in [1.165, 1.54) is 30.3 Å². The normalized spacial score (nSPS) is 10.2. The molecule has 4 nitrogen and oxygen atoms in total. The molecule has 2 rings (SSSR count). The molecule has 2 aromatic carbocycles. The summed E-state index contributed by atoms with van der Waals surface area (Å²) in [6, 6.07) is 8.56. The average molecular weight is 352 g/mol. The number of anilines is 1. The lowest BCUT2D eigenvalue weighted by Gasteiger charge is -2.11. The van der Waals surface area contributed by atoms with Gasteiger partial charge in [-0.15, -0.1) is 0 Å². The zero-order valence-corrected chi connectivity index (χ0v) is 12.6. The first-order valence-electron chi connectivity index (χ1n) is 5.99. The van der Waals surface area contributed by atoms with Crippen molar-refractivity contribution in [1.29, 1.82) is 0 Å². The predicted octanol–water partition coefficient (Wildman–Crippen LogP) is 3.85. The molecular weight excluding hydrogens is 341 g/mol. The molecule has 0 saturated heterocycles. The van der Waals surface area contributed by atoms with Crippen molar-refractivity contribution in [3.63, 3.8) is 0 Å². The fourth-order valence-corrected chi connectivity index (χ4v) is 2.30. The van der Waals surface area contributed by atoms with Crippen LogP contribution in [0.2, 0.25) is 0 Å². The fraction of sp³-hybridized carbons (Fsp3) is 0.0667. The van der Waals surface area contributed by atoms with Gasteiger partial charge in [0.2, 0.25) is 0 Å². The first-order chi connectivity index (χ1) is 9.90. The molecule has 0 spiro atoms. The number of benzene rings is 2. The molecule has 0 heterocycles. The Bertz CT molecular complexity index is 731. The number of amides is 1. The third-order valence-electron chi connectivity index (χ3n) is 2.92. The maximum atomic E-state index is 13.5. The molecule has 2 N–H and O–H groups in total. The molecule has 2 aromatic rings. The van der Waals surface area contributed by atoms with Crippen LogP contribution in [0.3, 0.4) is 0 Å². The van der Waals surface area contributed by atoms with E-state index in [0.717, 1.165) is 0 Å². The van der Waals surface area contributed by atoms with E-state index >= 15 is 0 Å². The summed E-state index contributed by atoms with van der Waals surface area (Å²) >= 11 is 3.06. The van der Waals surface area contributed by atoms with Crippen LogP contribution in [0.4, 0.5) is 10.1 Å². The van der Waals surface area contributed by atoms with Gasteiger partial charge in [0.25, 0.3) is 5.91 Å². The number of hydrogen-bond acceptors (Lipinski definition) is 2. The van der Waals surface area contributed by atoms with E-state index in [2.05, 4.69) is 21.2 Å². The molecule has 1 amide bonds.